The van der Waals surface area contributed by atoms with Crippen LogP contribution in [-0.2, 0) is 0 Å². The SMILES string of the molecule is CCN(CC)C(C)(CC)C(O)c1cccc(C)c1. The van der Waals surface area contributed by atoms with Crippen LogP contribution in [0, 0.1) is 6.92 Å². The highest BCUT2D eigenvalue weighted by Crippen LogP contribution is 2.34. The lowest BCUT2D eigenvalue weighted by atomic mass is 9.84. The fraction of sp³-hybridized carbons (Fsp3) is 0.625. The Morgan fingerprint density at radius 3 is 2.28 bits per heavy atom. The Morgan fingerprint density at radius 2 is 1.83 bits per heavy atom. The summed E-state index contributed by atoms with van der Waals surface area (Å²) < 4.78 is 0. The van der Waals surface area contributed by atoms with Gasteiger partial charge in [0.15, 0.2) is 0 Å². The first-order valence-corrected chi connectivity index (χ1v) is 6.99. The van der Waals surface area contributed by atoms with Gasteiger partial charge in [-0.2, -0.15) is 0 Å². The van der Waals surface area contributed by atoms with Gasteiger partial charge in [-0.25, -0.2) is 0 Å². The van der Waals surface area contributed by atoms with Crippen molar-refractivity contribution in [1.29, 1.82) is 0 Å². The molecule has 0 saturated carbocycles. The molecular weight excluding hydrogens is 222 g/mol. The van der Waals surface area contributed by atoms with Crippen LogP contribution in [0.2, 0.25) is 0 Å². The van der Waals surface area contributed by atoms with Crippen molar-refractivity contribution in [2.24, 2.45) is 0 Å². The molecule has 0 spiro atoms. The fourth-order valence-corrected chi connectivity index (χ4v) is 2.74. The van der Waals surface area contributed by atoms with Crippen molar-refractivity contribution in [3.63, 3.8) is 0 Å². The van der Waals surface area contributed by atoms with Crippen LogP contribution in [0.15, 0.2) is 24.3 Å². The summed E-state index contributed by atoms with van der Waals surface area (Å²) >= 11 is 0. The van der Waals surface area contributed by atoms with Crippen LogP contribution in [0.25, 0.3) is 0 Å². The average molecular weight is 249 g/mol. The summed E-state index contributed by atoms with van der Waals surface area (Å²) in [6.07, 6.45) is 0.492. The molecule has 0 radical (unpaired) electrons. The van der Waals surface area contributed by atoms with Gasteiger partial charge in [-0.3, -0.25) is 4.90 Å². The minimum absolute atomic E-state index is 0.197. The van der Waals surface area contributed by atoms with E-state index in [0.29, 0.717) is 0 Å². The molecule has 0 fully saturated rings. The average Bonchev–Trinajstić information content (AvgIpc) is 2.38. The molecule has 0 saturated heterocycles. The Kier molecular flexibility index (Phi) is 5.36. The van der Waals surface area contributed by atoms with E-state index in [9.17, 15) is 5.11 Å². The minimum atomic E-state index is -0.442. The Bertz CT molecular complexity index is 373. The highest BCUT2D eigenvalue weighted by Gasteiger charge is 2.36. The van der Waals surface area contributed by atoms with Crippen molar-refractivity contribution in [3.05, 3.63) is 35.4 Å². The topological polar surface area (TPSA) is 23.5 Å². The molecule has 2 unspecified atom stereocenters. The summed E-state index contributed by atoms with van der Waals surface area (Å²) in [6.45, 7) is 12.6. The fourth-order valence-electron chi connectivity index (χ4n) is 2.74. The van der Waals surface area contributed by atoms with Crippen molar-refractivity contribution in [3.8, 4) is 0 Å². The molecule has 102 valence electrons. The molecule has 1 N–H and O–H groups in total. The number of hydrogen-bond donors (Lipinski definition) is 1. The molecule has 0 aliphatic heterocycles. The zero-order valence-corrected chi connectivity index (χ0v) is 12.4. The number of aliphatic hydroxyl groups is 1. The van der Waals surface area contributed by atoms with E-state index in [0.717, 1.165) is 25.1 Å². The number of rotatable bonds is 6. The van der Waals surface area contributed by atoms with Crippen LogP contribution in [0.4, 0.5) is 0 Å². The van der Waals surface area contributed by atoms with Crippen LogP contribution in [-0.4, -0.2) is 28.6 Å². The second kappa shape index (κ2) is 6.35. The van der Waals surface area contributed by atoms with E-state index in [-0.39, 0.29) is 5.54 Å². The molecule has 1 rings (SSSR count). The van der Waals surface area contributed by atoms with Gasteiger partial charge in [-0.05, 0) is 38.9 Å². The van der Waals surface area contributed by atoms with Crippen LogP contribution in [0.3, 0.4) is 0 Å². The van der Waals surface area contributed by atoms with Crippen molar-refractivity contribution in [2.75, 3.05) is 13.1 Å². The van der Waals surface area contributed by atoms with Gasteiger partial charge >= 0.3 is 0 Å². The second-order valence-corrected chi connectivity index (χ2v) is 5.20. The zero-order chi connectivity index (χ0) is 13.8. The second-order valence-electron chi connectivity index (χ2n) is 5.20. The lowest BCUT2D eigenvalue weighted by Crippen LogP contribution is -2.50. The quantitative estimate of drug-likeness (QED) is 0.833. The molecule has 18 heavy (non-hydrogen) atoms. The van der Waals surface area contributed by atoms with Gasteiger partial charge in [0.25, 0.3) is 0 Å². The van der Waals surface area contributed by atoms with E-state index in [4.69, 9.17) is 0 Å². The molecule has 1 aromatic rings. The molecule has 2 heteroatoms. The highest BCUT2D eigenvalue weighted by atomic mass is 16.3. The summed E-state index contributed by atoms with van der Waals surface area (Å²) in [7, 11) is 0. The van der Waals surface area contributed by atoms with Crippen LogP contribution >= 0.6 is 0 Å². The van der Waals surface area contributed by atoms with E-state index < -0.39 is 6.10 Å². The maximum atomic E-state index is 10.8. The first-order valence-electron chi connectivity index (χ1n) is 6.99. The van der Waals surface area contributed by atoms with Crippen LogP contribution in [0.5, 0.6) is 0 Å². The molecule has 2 atom stereocenters. The predicted molar refractivity (Wildman–Crippen MR) is 77.8 cm³/mol. The number of aliphatic hydroxyl groups excluding tert-OH is 1. The Morgan fingerprint density at radius 1 is 1.22 bits per heavy atom. The molecule has 2 nitrogen and oxygen atoms in total. The van der Waals surface area contributed by atoms with Gasteiger partial charge in [-0.15, -0.1) is 0 Å². The number of benzene rings is 1. The molecule has 0 bridgehead atoms. The van der Waals surface area contributed by atoms with E-state index in [1.807, 2.05) is 12.1 Å². The Balaban J connectivity index is 3.07. The third-order valence-electron chi connectivity index (χ3n) is 4.15. The first kappa shape index (κ1) is 15.2. The maximum Gasteiger partial charge on any atom is 0.0970 e. The molecular formula is C16H27NO. The monoisotopic (exact) mass is 249 g/mol. The van der Waals surface area contributed by atoms with Crippen molar-refractivity contribution in [2.45, 2.75) is 52.7 Å². The number of hydrogen-bond acceptors (Lipinski definition) is 2. The van der Waals surface area contributed by atoms with E-state index in [2.05, 4.69) is 51.7 Å². The first-order chi connectivity index (χ1) is 8.49. The lowest BCUT2D eigenvalue weighted by Gasteiger charge is -2.43. The molecule has 0 heterocycles. The molecule has 0 aliphatic carbocycles. The minimum Gasteiger partial charge on any atom is -0.386 e. The number of aryl methyl sites for hydroxylation is 1. The van der Waals surface area contributed by atoms with Gasteiger partial charge in [0, 0.05) is 5.54 Å². The van der Waals surface area contributed by atoms with Gasteiger partial charge in [0.05, 0.1) is 6.10 Å². The molecule has 1 aromatic carbocycles. The third kappa shape index (κ3) is 2.93. The summed E-state index contributed by atoms with van der Waals surface area (Å²) in [5, 5.41) is 10.8. The van der Waals surface area contributed by atoms with E-state index >= 15 is 0 Å². The van der Waals surface area contributed by atoms with Gasteiger partial charge in [-0.1, -0.05) is 50.6 Å². The van der Waals surface area contributed by atoms with Crippen LogP contribution in [0.1, 0.15) is 51.3 Å². The summed E-state index contributed by atoms with van der Waals surface area (Å²) in [4.78, 5) is 2.35. The largest absolute Gasteiger partial charge is 0.386 e. The summed E-state index contributed by atoms with van der Waals surface area (Å²) in [5.41, 5.74) is 2.02. The Labute approximate surface area is 112 Å². The van der Waals surface area contributed by atoms with Gasteiger partial charge in [0.1, 0.15) is 0 Å². The molecule has 0 aliphatic rings. The summed E-state index contributed by atoms with van der Waals surface area (Å²) in [5.74, 6) is 0. The zero-order valence-electron chi connectivity index (χ0n) is 12.4. The third-order valence-corrected chi connectivity index (χ3v) is 4.15. The lowest BCUT2D eigenvalue weighted by molar-refractivity contribution is -0.0213. The number of likely N-dealkylation sites (N-methyl/N-ethyl adjacent to an activating group) is 1. The normalized spacial score (nSPS) is 16.6. The van der Waals surface area contributed by atoms with Crippen molar-refractivity contribution in [1.82, 2.24) is 4.90 Å². The Hall–Kier alpha value is -0.860. The van der Waals surface area contributed by atoms with E-state index in [1.165, 1.54) is 5.56 Å². The maximum absolute atomic E-state index is 10.8. The molecule has 0 aromatic heterocycles. The van der Waals surface area contributed by atoms with Crippen molar-refractivity contribution < 1.29 is 5.11 Å². The molecule has 0 amide bonds. The van der Waals surface area contributed by atoms with Gasteiger partial charge in [0.2, 0.25) is 0 Å². The standard InChI is InChI=1S/C16H27NO/c1-6-16(5,17(7-2)8-3)15(18)14-11-9-10-13(4)12-14/h9-12,15,18H,6-8H2,1-5H3. The highest BCUT2D eigenvalue weighted by molar-refractivity contribution is 5.26. The predicted octanol–water partition coefficient (Wildman–Crippen LogP) is 3.54. The van der Waals surface area contributed by atoms with Crippen LogP contribution < -0.4 is 0 Å². The number of nitrogens with zero attached hydrogens (tertiary/aromatic N) is 1. The summed E-state index contributed by atoms with van der Waals surface area (Å²) in [6, 6.07) is 8.19. The van der Waals surface area contributed by atoms with Crippen molar-refractivity contribution >= 4 is 0 Å². The van der Waals surface area contributed by atoms with E-state index in [1.54, 1.807) is 0 Å². The van der Waals surface area contributed by atoms with Gasteiger partial charge < -0.3 is 5.11 Å². The smallest absolute Gasteiger partial charge is 0.0970 e.